The predicted octanol–water partition coefficient (Wildman–Crippen LogP) is 32.8. The molecule has 0 aliphatic carbocycles. The van der Waals surface area contributed by atoms with Gasteiger partial charge in [0, 0.05) is 61.5 Å². The number of hydrogen-bond donors (Lipinski definition) is 0. The molecule has 0 amide bonds. The number of hydrogen-bond acceptors (Lipinski definition) is 2. The zero-order valence-corrected chi connectivity index (χ0v) is 82.7. The number of rotatable bonds is 8. The lowest BCUT2D eigenvalue weighted by molar-refractivity contribution is 0.569. The van der Waals surface area contributed by atoms with Crippen molar-refractivity contribution in [2.45, 2.75) is 314 Å². The first-order chi connectivity index (χ1) is 57.1. The average molecular weight is 1640 g/mol. The average Bonchev–Trinajstić information content (AvgIpc) is 1.39. The van der Waals surface area contributed by atoms with Gasteiger partial charge < -0.3 is 14.4 Å². The minimum atomic E-state index is -0.379. The smallest absolute Gasteiger partial charge is 0.252 e. The largest absolute Gasteiger partial charge is 0.310 e. The Bertz CT molecular complexity index is 6140. The van der Waals surface area contributed by atoms with E-state index in [4.69, 9.17) is 0 Å². The summed E-state index contributed by atoms with van der Waals surface area (Å²) in [5.41, 5.74) is 40.1. The molecule has 1 aromatic heterocycles. The summed E-state index contributed by atoms with van der Waals surface area (Å²) in [4.78, 5) is 5.68. The molecule has 4 heteroatoms. The molecule has 3 heterocycles. The van der Waals surface area contributed by atoms with Gasteiger partial charge in [-0.3, -0.25) is 0 Å². The summed E-state index contributed by atoms with van der Waals surface area (Å²) in [5.74, 6) is 0. The van der Waals surface area contributed by atoms with Crippen LogP contribution in [0.3, 0.4) is 0 Å². The lowest BCUT2D eigenvalue weighted by Crippen LogP contribution is -2.61. The molecule has 0 saturated heterocycles. The molecule has 0 fully saturated rings. The van der Waals surface area contributed by atoms with Crippen molar-refractivity contribution in [1.29, 1.82) is 0 Å². The van der Waals surface area contributed by atoms with E-state index in [0.717, 1.165) is 17.1 Å². The van der Waals surface area contributed by atoms with E-state index in [0.29, 0.717) is 0 Å². The Morgan fingerprint density at radius 3 is 0.855 bits per heavy atom. The molecule has 0 N–H and O–H groups in total. The maximum absolute atomic E-state index is 2.86. The highest BCUT2D eigenvalue weighted by atomic mass is 15.2. The first-order valence-corrected chi connectivity index (χ1v) is 46.2. The number of nitrogens with zero attached hydrogens (tertiary/aromatic N) is 3. The molecule has 3 nitrogen and oxygen atoms in total. The molecule has 124 heavy (non-hydrogen) atoms. The molecular formula is C120H144BN3. The van der Waals surface area contributed by atoms with Crippen molar-refractivity contribution < 1.29 is 0 Å². The minimum absolute atomic E-state index is 0.0695. The van der Waals surface area contributed by atoms with Gasteiger partial charge in [-0.15, -0.1) is 0 Å². The molecule has 2 aliphatic heterocycles. The van der Waals surface area contributed by atoms with Crippen molar-refractivity contribution in [2.75, 3.05) is 9.80 Å². The van der Waals surface area contributed by atoms with E-state index in [9.17, 15) is 0 Å². The number of anilines is 6. The molecule has 2 aliphatic rings. The van der Waals surface area contributed by atoms with E-state index < -0.39 is 0 Å². The lowest BCUT2D eigenvalue weighted by atomic mass is 9.33. The molecule has 13 aromatic rings. The van der Waals surface area contributed by atoms with Crippen LogP contribution >= 0.6 is 0 Å². The zero-order valence-electron chi connectivity index (χ0n) is 82.7. The summed E-state index contributed by atoms with van der Waals surface area (Å²) < 4.78 is 2.61. The summed E-state index contributed by atoms with van der Waals surface area (Å²) in [6.45, 7) is 85.7. The third kappa shape index (κ3) is 16.4. The molecule has 0 saturated carbocycles. The summed E-state index contributed by atoms with van der Waals surface area (Å²) in [6, 6.07) is 89.7. The van der Waals surface area contributed by atoms with Crippen LogP contribution in [0.2, 0.25) is 0 Å². The van der Waals surface area contributed by atoms with Crippen molar-refractivity contribution in [3.05, 3.63) is 285 Å². The highest BCUT2D eigenvalue weighted by molar-refractivity contribution is 7.00. The Kier molecular flexibility index (Phi) is 21.4. The van der Waals surface area contributed by atoms with Crippen LogP contribution in [-0.4, -0.2) is 11.3 Å². The Morgan fingerprint density at radius 1 is 0.210 bits per heavy atom. The monoisotopic (exact) mass is 1640 g/mol. The van der Waals surface area contributed by atoms with E-state index in [1.807, 2.05) is 0 Å². The molecular weight excluding hydrogens is 1490 g/mol. The van der Waals surface area contributed by atoms with Crippen molar-refractivity contribution in [3.63, 3.8) is 0 Å². The van der Waals surface area contributed by atoms with Gasteiger partial charge in [0.05, 0.1) is 22.4 Å². The number of aromatic nitrogens is 1. The van der Waals surface area contributed by atoms with Crippen molar-refractivity contribution >= 4 is 79.0 Å². The van der Waals surface area contributed by atoms with E-state index in [1.165, 1.54) is 183 Å². The highest BCUT2D eigenvalue weighted by Gasteiger charge is 2.48. The van der Waals surface area contributed by atoms with Crippen LogP contribution in [0.5, 0.6) is 0 Å². The fraction of sp³-hybridized carbons (Fsp3) is 0.400. The zero-order chi connectivity index (χ0) is 90.5. The Balaban J connectivity index is 1.21. The molecule has 15 rings (SSSR count). The van der Waals surface area contributed by atoms with Crippen LogP contribution in [0.4, 0.5) is 34.1 Å². The first-order valence-electron chi connectivity index (χ1n) is 46.2. The quantitative estimate of drug-likeness (QED) is 0.141. The third-order valence-electron chi connectivity index (χ3n) is 27.2. The fourth-order valence-electron chi connectivity index (χ4n) is 19.1. The topological polar surface area (TPSA) is 11.4 Å². The molecule has 0 atom stereocenters. The summed E-state index contributed by atoms with van der Waals surface area (Å²) in [5, 5.41) is 2.54. The Labute approximate surface area is 749 Å². The van der Waals surface area contributed by atoms with Crippen molar-refractivity contribution in [2.24, 2.45) is 0 Å². The van der Waals surface area contributed by atoms with Crippen LogP contribution in [0, 0.1) is 0 Å². The minimum Gasteiger partial charge on any atom is -0.310 e. The van der Waals surface area contributed by atoms with E-state index in [2.05, 4.69) is 482 Å². The summed E-state index contributed by atoms with van der Waals surface area (Å²) >= 11 is 0. The highest BCUT2D eigenvalue weighted by Crippen LogP contribution is 2.58. The molecule has 0 spiro atoms. The van der Waals surface area contributed by atoms with Crippen molar-refractivity contribution in [1.82, 2.24) is 4.57 Å². The van der Waals surface area contributed by atoms with Gasteiger partial charge in [-0.2, -0.15) is 0 Å². The van der Waals surface area contributed by atoms with Gasteiger partial charge in [0.2, 0.25) is 0 Å². The van der Waals surface area contributed by atoms with Crippen LogP contribution < -0.4 is 26.2 Å². The molecule has 0 unspecified atom stereocenters. The second-order valence-electron chi connectivity index (χ2n) is 49.4. The van der Waals surface area contributed by atoms with Gasteiger partial charge in [0.25, 0.3) is 6.71 Å². The molecule has 0 bridgehead atoms. The summed E-state index contributed by atoms with van der Waals surface area (Å²) in [6.07, 6.45) is 0. The third-order valence-corrected chi connectivity index (χ3v) is 27.2. The van der Waals surface area contributed by atoms with Gasteiger partial charge in [0.15, 0.2) is 0 Å². The van der Waals surface area contributed by atoms with Crippen LogP contribution in [0.1, 0.15) is 316 Å². The normalized spacial score (nSPS) is 14.1. The fourth-order valence-corrected chi connectivity index (χ4v) is 19.1. The second-order valence-corrected chi connectivity index (χ2v) is 49.4. The van der Waals surface area contributed by atoms with Crippen molar-refractivity contribution in [3.8, 4) is 61.3 Å². The predicted molar refractivity (Wildman–Crippen MR) is 546 cm³/mol. The van der Waals surface area contributed by atoms with E-state index >= 15 is 0 Å². The summed E-state index contributed by atoms with van der Waals surface area (Å²) in [7, 11) is 0. The van der Waals surface area contributed by atoms with E-state index in [1.54, 1.807) is 0 Å². The maximum atomic E-state index is 2.86. The van der Waals surface area contributed by atoms with Gasteiger partial charge in [-0.05, 0) is 260 Å². The molecule has 12 aromatic carbocycles. The van der Waals surface area contributed by atoms with Gasteiger partial charge >= 0.3 is 0 Å². The Morgan fingerprint density at radius 2 is 0.508 bits per heavy atom. The lowest BCUT2D eigenvalue weighted by Gasteiger charge is -2.47. The van der Waals surface area contributed by atoms with E-state index in [-0.39, 0.29) is 71.7 Å². The van der Waals surface area contributed by atoms with Crippen LogP contribution in [0.25, 0.3) is 83.1 Å². The Hall–Kier alpha value is -9.90. The molecule has 642 valence electrons. The van der Waals surface area contributed by atoms with Crippen LogP contribution in [0.15, 0.2) is 218 Å². The van der Waals surface area contributed by atoms with Gasteiger partial charge in [-0.1, -0.05) is 389 Å². The SMILES string of the molecule is CC(C)(C)c1ccc(-c2cc(C(C)(C)C)cc(-c3ccc(C(C)(C)C)cc3)c2N2c3cc(-c4cc(C(C)(C)C)cc(C(C)(C)C)c4)ccc3B3c4ccc(-n5c6ccc(C(C)(C)C)cc6c6cc(C(C)(C)C)ccc65)cc4N(c4c(-c5ccc(C(C)(C)C)cc5)cc(C(C)(C)C)cc4-c4c(C(C)(C)C)cccc4C(C)(C)C)c4cc(C(C)(C)C)cc2c43)cc1. The number of benzene rings is 12. The van der Waals surface area contributed by atoms with Gasteiger partial charge in [-0.25, -0.2) is 0 Å². The maximum Gasteiger partial charge on any atom is 0.252 e. The standard InChI is InChI=1S/C120H144BN3/c1-109(2,3)78-47-40-73(41-48-78)89-66-85(116(22,23)24)67-90(74-42-49-79(50-43-74)110(4,5)6)107(89)123-101-62-76(77-60-83(114(16,17)18)63-84(61-77)115(19,20)21)46-56-97(101)121-98-57-55-88(122-99-58-53-81(112(10,11)12)64-92(99)93-65-82(113(13,14)15)54-59-100(93)122)72-102(98)124(104-71-87(118(28,29)30)70-103(123)106(104)121)108-91(75-44-51-80(52-45-75)111(7,8)9)68-86(117(25,26)27)69-94(108)105-95(119(31,32)33)38-37-39-96(105)120(34,35)36/h37-72H,1-36H3. The van der Waals surface area contributed by atoms with Gasteiger partial charge in [0.1, 0.15) is 0 Å². The molecule has 0 radical (unpaired) electrons. The second kappa shape index (κ2) is 29.9. The van der Waals surface area contributed by atoms with Crippen LogP contribution in [-0.2, 0) is 65.0 Å². The number of fused-ring (bicyclic) bond motifs is 7. The first kappa shape index (κ1) is 88.9.